The molecule has 150 valence electrons. The molecule has 0 heterocycles. The van der Waals surface area contributed by atoms with E-state index in [0.717, 1.165) is 22.4 Å². The van der Waals surface area contributed by atoms with E-state index in [1.54, 1.807) is 6.07 Å². The maximum atomic E-state index is 11.4. The van der Waals surface area contributed by atoms with Gasteiger partial charge in [0.15, 0.2) is 0 Å². The number of nitro benzene ring substituents is 2. The molecule has 30 heavy (non-hydrogen) atoms. The minimum atomic E-state index is -0.516. The molecule has 3 aromatic rings. The van der Waals surface area contributed by atoms with Gasteiger partial charge in [-0.15, -0.1) is 0 Å². The number of fused-ring (bicyclic) bond motifs is 3. The average Bonchev–Trinajstić information content (AvgIpc) is 2.97. The highest BCUT2D eigenvalue weighted by Gasteiger charge is 2.31. The molecule has 0 saturated heterocycles. The van der Waals surface area contributed by atoms with Gasteiger partial charge in [0.2, 0.25) is 0 Å². The van der Waals surface area contributed by atoms with E-state index in [1.807, 2.05) is 32.9 Å². The molecule has 0 aliphatic heterocycles. The highest BCUT2D eigenvalue weighted by Crippen LogP contribution is 2.45. The Bertz CT molecular complexity index is 1270. The Hall–Kier alpha value is -3.58. The van der Waals surface area contributed by atoms with Gasteiger partial charge in [-0.2, -0.15) is 0 Å². The highest BCUT2D eigenvalue weighted by molar-refractivity contribution is 6.38. The van der Waals surface area contributed by atoms with Crippen LogP contribution < -0.4 is 0 Å². The number of non-ortho nitro benzene ring substituents is 2. The van der Waals surface area contributed by atoms with Crippen LogP contribution in [0.2, 0.25) is 5.02 Å². The van der Waals surface area contributed by atoms with E-state index in [-0.39, 0.29) is 16.4 Å². The van der Waals surface area contributed by atoms with E-state index >= 15 is 0 Å². The Balaban J connectivity index is 2.07. The van der Waals surface area contributed by atoms with Crippen LogP contribution in [0.5, 0.6) is 0 Å². The van der Waals surface area contributed by atoms with Crippen molar-refractivity contribution in [3.63, 3.8) is 0 Å². The third-order valence-corrected chi connectivity index (χ3v) is 5.44. The Kier molecular flexibility index (Phi) is 4.63. The van der Waals surface area contributed by atoms with Gasteiger partial charge in [0.25, 0.3) is 11.4 Å². The van der Waals surface area contributed by atoms with Gasteiger partial charge in [0, 0.05) is 41.0 Å². The van der Waals surface area contributed by atoms with E-state index in [0.29, 0.717) is 28.0 Å². The largest absolute Gasteiger partial charge is 0.271 e. The Labute approximate surface area is 177 Å². The lowest BCUT2D eigenvalue weighted by Crippen LogP contribution is -2.01. The molecule has 0 bridgehead atoms. The number of halogens is 1. The summed E-state index contributed by atoms with van der Waals surface area (Å²) in [6, 6.07) is 11.2. The van der Waals surface area contributed by atoms with Crippen molar-refractivity contribution >= 4 is 34.4 Å². The lowest BCUT2D eigenvalue weighted by Gasteiger charge is -2.09. The maximum absolute atomic E-state index is 11.4. The molecular formula is C22H16ClN3O4. The van der Waals surface area contributed by atoms with Crippen LogP contribution in [0.15, 0.2) is 47.5 Å². The Morgan fingerprint density at radius 2 is 1.40 bits per heavy atom. The lowest BCUT2D eigenvalue weighted by atomic mass is 10.0. The first kappa shape index (κ1) is 19.7. The van der Waals surface area contributed by atoms with Crippen LogP contribution in [0.25, 0.3) is 11.1 Å². The number of hydrogen-bond donors (Lipinski definition) is 0. The molecule has 0 fully saturated rings. The zero-order valence-corrected chi connectivity index (χ0v) is 17.1. The predicted molar refractivity (Wildman–Crippen MR) is 116 cm³/mol. The molecule has 1 aliphatic rings. The van der Waals surface area contributed by atoms with Crippen LogP contribution in [0.4, 0.5) is 17.1 Å². The average molecular weight is 422 g/mol. The van der Waals surface area contributed by atoms with Crippen molar-refractivity contribution in [2.75, 3.05) is 0 Å². The minimum absolute atomic E-state index is 0.0859. The fraction of sp³-hybridized carbons (Fsp3) is 0.136. The summed E-state index contributed by atoms with van der Waals surface area (Å²) in [6.45, 7) is 5.86. The number of aryl methyl sites for hydroxylation is 3. The topological polar surface area (TPSA) is 98.6 Å². The monoisotopic (exact) mass is 421 g/mol. The highest BCUT2D eigenvalue weighted by atomic mass is 35.5. The van der Waals surface area contributed by atoms with Crippen molar-refractivity contribution < 1.29 is 9.85 Å². The molecule has 8 heteroatoms. The van der Waals surface area contributed by atoms with Crippen LogP contribution in [-0.2, 0) is 0 Å². The van der Waals surface area contributed by atoms with E-state index in [4.69, 9.17) is 16.6 Å². The minimum Gasteiger partial charge on any atom is -0.258 e. The van der Waals surface area contributed by atoms with Gasteiger partial charge in [-0.3, -0.25) is 20.2 Å². The molecule has 4 rings (SSSR count). The van der Waals surface area contributed by atoms with Gasteiger partial charge in [-0.1, -0.05) is 29.3 Å². The van der Waals surface area contributed by atoms with Crippen molar-refractivity contribution in [1.29, 1.82) is 0 Å². The SMILES string of the molecule is Cc1cc(C)c(N=C2c3cc([N+](=O)[O-])ccc3-c3c(Cl)cc([N+](=O)[O-])cc32)c(C)c1. The summed E-state index contributed by atoms with van der Waals surface area (Å²) < 4.78 is 0. The molecule has 0 radical (unpaired) electrons. The Morgan fingerprint density at radius 3 is 2.00 bits per heavy atom. The van der Waals surface area contributed by atoms with Crippen molar-refractivity contribution in [1.82, 2.24) is 0 Å². The summed E-state index contributed by atoms with van der Waals surface area (Å²) in [4.78, 5) is 26.6. The summed E-state index contributed by atoms with van der Waals surface area (Å²) in [5.41, 5.74) is 6.16. The first-order chi connectivity index (χ1) is 14.2. The summed E-state index contributed by atoms with van der Waals surface area (Å²) in [6.07, 6.45) is 0. The van der Waals surface area contributed by atoms with Crippen molar-refractivity contribution in [3.8, 4) is 11.1 Å². The van der Waals surface area contributed by atoms with Crippen LogP contribution in [-0.4, -0.2) is 15.6 Å². The fourth-order valence-electron chi connectivity index (χ4n) is 3.94. The molecule has 0 saturated carbocycles. The van der Waals surface area contributed by atoms with Crippen molar-refractivity contribution in [2.24, 2.45) is 4.99 Å². The second kappa shape index (κ2) is 7.03. The summed E-state index contributed by atoms with van der Waals surface area (Å²) in [7, 11) is 0. The number of nitrogens with zero attached hydrogens (tertiary/aromatic N) is 3. The zero-order valence-electron chi connectivity index (χ0n) is 16.4. The first-order valence-corrected chi connectivity index (χ1v) is 9.49. The molecule has 7 nitrogen and oxygen atoms in total. The molecular weight excluding hydrogens is 406 g/mol. The van der Waals surface area contributed by atoms with Gasteiger partial charge < -0.3 is 0 Å². The van der Waals surface area contributed by atoms with Crippen molar-refractivity contribution in [3.05, 3.63) is 95.5 Å². The Morgan fingerprint density at radius 1 is 0.800 bits per heavy atom. The molecule has 1 aliphatic carbocycles. The standard InChI is InChI=1S/C22H16ClN3O4/c1-11-6-12(2)21(13(3)7-11)24-22-17-8-14(25(27)28)4-5-16(17)20-18(22)9-15(26(29)30)10-19(20)23/h4-10H,1-3H3. The third-order valence-electron chi connectivity index (χ3n) is 5.14. The van der Waals surface area contributed by atoms with Gasteiger partial charge in [0.1, 0.15) is 0 Å². The number of rotatable bonds is 3. The normalized spacial score (nSPS) is 13.3. The molecule has 0 aromatic heterocycles. The molecule has 3 aromatic carbocycles. The van der Waals surface area contributed by atoms with E-state index in [2.05, 4.69) is 0 Å². The molecule has 0 N–H and O–H groups in total. The molecule has 0 unspecified atom stereocenters. The predicted octanol–water partition coefficient (Wildman–Crippen LogP) is 6.23. The van der Waals surface area contributed by atoms with Gasteiger partial charge in [-0.25, -0.2) is 4.99 Å². The first-order valence-electron chi connectivity index (χ1n) is 9.11. The summed E-state index contributed by atoms with van der Waals surface area (Å²) in [5.74, 6) is 0. The van der Waals surface area contributed by atoms with Crippen LogP contribution in [0.3, 0.4) is 0 Å². The smallest absolute Gasteiger partial charge is 0.258 e. The molecule has 0 amide bonds. The van der Waals surface area contributed by atoms with E-state index in [1.165, 1.54) is 24.3 Å². The number of nitro groups is 2. The second-order valence-corrected chi connectivity index (χ2v) is 7.71. The van der Waals surface area contributed by atoms with E-state index < -0.39 is 9.85 Å². The molecule has 0 atom stereocenters. The third kappa shape index (κ3) is 3.13. The van der Waals surface area contributed by atoms with Crippen LogP contribution in [0, 0.1) is 41.0 Å². The zero-order chi connectivity index (χ0) is 21.7. The van der Waals surface area contributed by atoms with Gasteiger partial charge in [-0.05, 0) is 43.5 Å². The van der Waals surface area contributed by atoms with Crippen LogP contribution in [0.1, 0.15) is 27.8 Å². The summed E-state index contributed by atoms with van der Waals surface area (Å²) >= 11 is 6.41. The van der Waals surface area contributed by atoms with E-state index in [9.17, 15) is 20.2 Å². The second-order valence-electron chi connectivity index (χ2n) is 7.30. The maximum Gasteiger partial charge on any atom is 0.271 e. The number of benzene rings is 3. The molecule has 0 spiro atoms. The van der Waals surface area contributed by atoms with Crippen molar-refractivity contribution in [2.45, 2.75) is 20.8 Å². The summed E-state index contributed by atoms with van der Waals surface area (Å²) in [5, 5.41) is 22.9. The number of hydrogen-bond acceptors (Lipinski definition) is 5. The number of aliphatic imine (C=N–C) groups is 1. The fourth-order valence-corrected chi connectivity index (χ4v) is 4.26. The van der Waals surface area contributed by atoms with Gasteiger partial charge >= 0.3 is 0 Å². The van der Waals surface area contributed by atoms with Crippen LogP contribution >= 0.6 is 11.6 Å². The quantitative estimate of drug-likeness (QED) is 0.289. The van der Waals surface area contributed by atoms with Gasteiger partial charge in [0.05, 0.1) is 26.3 Å². The lowest BCUT2D eigenvalue weighted by molar-refractivity contribution is -0.385.